The van der Waals surface area contributed by atoms with Crippen LogP contribution in [0.4, 0.5) is 0 Å². The van der Waals surface area contributed by atoms with Gasteiger partial charge in [0.05, 0.1) is 5.69 Å². The van der Waals surface area contributed by atoms with Crippen molar-refractivity contribution >= 4 is 17.0 Å². The molecule has 0 fully saturated rings. The van der Waals surface area contributed by atoms with Gasteiger partial charge in [0.2, 0.25) is 0 Å². The van der Waals surface area contributed by atoms with Gasteiger partial charge in [0.1, 0.15) is 5.65 Å². The molecule has 0 saturated carbocycles. The largest absolute Gasteiger partial charge is 0.314 e. The smallest absolute Gasteiger partial charge is 0.136 e. The van der Waals surface area contributed by atoms with Crippen LogP contribution < -0.4 is 5.32 Å². The van der Waals surface area contributed by atoms with E-state index in [4.69, 9.17) is 0 Å². The van der Waals surface area contributed by atoms with E-state index in [0.29, 0.717) is 6.04 Å². The highest BCUT2D eigenvalue weighted by molar-refractivity contribution is 7.07. The van der Waals surface area contributed by atoms with Crippen molar-refractivity contribution in [3.63, 3.8) is 0 Å². The monoisotopic (exact) mass is 285 g/mol. The Kier molecular flexibility index (Phi) is 4.14. The molecule has 3 heterocycles. The summed E-state index contributed by atoms with van der Waals surface area (Å²) in [6.45, 7) is 3.20. The zero-order valence-electron chi connectivity index (χ0n) is 11.6. The highest BCUT2D eigenvalue weighted by atomic mass is 32.1. The van der Waals surface area contributed by atoms with Gasteiger partial charge in [-0.1, -0.05) is 6.07 Å². The maximum absolute atomic E-state index is 4.61. The number of nitrogens with one attached hydrogen (secondary N) is 1. The molecule has 0 aliphatic carbocycles. The van der Waals surface area contributed by atoms with Crippen LogP contribution in [0.1, 0.15) is 18.2 Å². The van der Waals surface area contributed by atoms with Crippen LogP contribution in [0.2, 0.25) is 0 Å². The first-order valence-electron chi connectivity index (χ1n) is 6.98. The van der Waals surface area contributed by atoms with Crippen LogP contribution in [0.5, 0.6) is 0 Å². The summed E-state index contributed by atoms with van der Waals surface area (Å²) in [4.78, 5) is 4.61. The van der Waals surface area contributed by atoms with Gasteiger partial charge in [-0.25, -0.2) is 4.98 Å². The number of hydrogen-bond donors (Lipinski definition) is 1. The van der Waals surface area contributed by atoms with Crippen LogP contribution in [0.3, 0.4) is 0 Å². The number of imidazole rings is 1. The maximum Gasteiger partial charge on any atom is 0.136 e. The fourth-order valence-electron chi connectivity index (χ4n) is 2.39. The topological polar surface area (TPSA) is 29.3 Å². The van der Waals surface area contributed by atoms with Crippen molar-refractivity contribution in [2.45, 2.75) is 25.8 Å². The molecule has 0 aliphatic heterocycles. The second-order valence-electron chi connectivity index (χ2n) is 5.14. The van der Waals surface area contributed by atoms with Crippen molar-refractivity contribution in [2.24, 2.45) is 0 Å². The summed E-state index contributed by atoms with van der Waals surface area (Å²) in [5.74, 6) is 0. The Morgan fingerprint density at radius 1 is 1.35 bits per heavy atom. The predicted molar refractivity (Wildman–Crippen MR) is 84.4 cm³/mol. The van der Waals surface area contributed by atoms with Crippen molar-refractivity contribution in [1.82, 2.24) is 14.7 Å². The molecule has 1 N–H and O–H groups in total. The number of thiophene rings is 1. The number of rotatable bonds is 6. The van der Waals surface area contributed by atoms with Gasteiger partial charge in [0, 0.05) is 31.4 Å². The van der Waals surface area contributed by atoms with E-state index < -0.39 is 0 Å². The molecule has 0 saturated heterocycles. The minimum absolute atomic E-state index is 0.502. The fraction of sp³-hybridized carbons (Fsp3) is 0.312. The van der Waals surface area contributed by atoms with Gasteiger partial charge in [-0.15, -0.1) is 0 Å². The van der Waals surface area contributed by atoms with Crippen molar-refractivity contribution in [3.05, 3.63) is 58.7 Å². The summed E-state index contributed by atoms with van der Waals surface area (Å²) >= 11 is 1.76. The van der Waals surface area contributed by atoms with Crippen molar-refractivity contribution < 1.29 is 0 Å². The second kappa shape index (κ2) is 6.20. The molecule has 3 aromatic rings. The SMILES string of the molecule is CC(Cc1ccsc1)NCCc1cn2ccccc2n1. The second-order valence-corrected chi connectivity index (χ2v) is 5.92. The first-order valence-corrected chi connectivity index (χ1v) is 7.92. The Balaban J connectivity index is 1.49. The van der Waals surface area contributed by atoms with E-state index >= 15 is 0 Å². The van der Waals surface area contributed by atoms with Crippen molar-refractivity contribution in [3.8, 4) is 0 Å². The summed E-state index contributed by atoms with van der Waals surface area (Å²) < 4.78 is 2.07. The molecule has 104 valence electrons. The van der Waals surface area contributed by atoms with E-state index in [-0.39, 0.29) is 0 Å². The highest BCUT2D eigenvalue weighted by Gasteiger charge is 2.05. The van der Waals surface area contributed by atoms with E-state index in [1.54, 1.807) is 11.3 Å². The highest BCUT2D eigenvalue weighted by Crippen LogP contribution is 2.09. The lowest BCUT2D eigenvalue weighted by molar-refractivity contribution is 0.547. The molecule has 3 nitrogen and oxygen atoms in total. The molecule has 0 radical (unpaired) electrons. The van der Waals surface area contributed by atoms with Gasteiger partial charge in [0.15, 0.2) is 0 Å². The molecule has 1 atom stereocenters. The lowest BCUT2D eigenvalue weighted by atomic mass is 10.1. The van der Waals surface area contributed by atoms with E-state index in [1.165, 1.54) is 5.56 Å². The molecule has 0 aromatic carbocycles. The molecule has 0 bridgehead atoms. The normalized spacial score (nSPS) is 12.8. The number of nitrogens with zero attached hydrogens (tertiary/aromatic N) is 2. The van der Waals surface area contributed by atoms with E-state index in [2.05, 4.69) is 44.6 Å². The number of fused-ring (bicyclic) bond motifs is 1. The lowest BCUT2D eigenvalue weighted by Crippen LogP contribution is -2.29. The third kappa shape index (κ3) is 3.26. The minimum Gasteiger partial charge on any atom is -0.314 e. The van der Waals surface area contributed by atoms with Crippen LogP contribution in [-0.2, 0) is 12.8 Å². The van der Waals surface area contributed by atoms with Gasteiger partial charge >= 0.3 is 0 Å². The summed E-state index contributed by atoms with van der Waals surface area (Å²) in [6, 6.07) is 8.79. The van der Waals surface area contributed by atoms with E-state index in [0.717, 1.165) is 30.7 Å². The third-order valence-electron chi connectivity index (χ3n) is 3.41. The summed E-state index contributed by atoms with van der Waals surface area (Å²) in [6.07, 6.45) is 6.21. The van der Waals surface area contributed by atoms with E-state index in [1.807, 2.05) is 24.4 Å². The molecule has 20 heavy (non-hydrogen) atoms. The van der Waals surface area contributed by atoms with Crippen LogP contribution in [-0.4, -0.2) is 22.0 Å². The van der Waals surface area contributed by atoms with E-state index in [9.17, 15) is 0 Å². The van der Waals surface area contributed by atoms with Crippen molar-refractivity contribution in [1.29, 1.82) is 0 Å². The maximum atomic E-state index is 4.61. The number of hydrogen-bond acceptors (Lipinski definition) is 3. The van der Waals surface area contributed by atoms with Gasteiger partial charge in [-0.2, -0.15) is 11.3 Å². The average Bonchev–Trinajstić information content (AvgIpc) is 3.07. The lowest BCUT2D eigenvalue weighted by Gasteiger charge is -2.12. The van der Waals surface area contributed by atoms with Crippen LogP contribution >= 0.6 is 11.3 Å². The van der Waals surface area contributed by atoms with Crippen LogP contribution in [0.25, 0.3) is 5.65 Å². The zero-order valence-corrected chi connectivity index (χ0v) is 12.4. The van der Waals surface area contributed by atoms with Gasteiger partial charge in [0.25, 0.3) is 0 Å². The van der Waals surface area contributed by atoms with Gasteiger partial charge in [-0.3, -0.25) is 0 Å². The Morgan fingerprint density at radius 2 is 2.30 bits per heavy atom. The Hall–Kier alpha value is -1.65. The molecular weight excluding hydrogens is 266 g/mol. The van der Waals surface area contributed by atoms with Crippen molar-refractivity contribution in [2.75, 3.05) is 6.54 Å². The summed E-state index contributed by atoms with van der Waals surface area (Å²) in [5.41, 5.74) is 3.59. The Bertz CT molecular complexity index is 624. The molecular formula is C16H19N3S. The van der Waals surface area contributed by atoms with Gasteiger partial charge < -0.3 is 9.72 Å². The Morgan fingerprint density at radius 3 is 3.10 bits per heavy atom. The predicted octanol–water partition coefficient (Wildman–Crippen LogP) is 3.16. The van der Waals surface area contributed by atoms with Gasteiger partial charge in [-0.05, 0) is 47.9 Å². The molecule has 3 aromatic heterocycles. The zero-order chi connectivity index (χ0) is 13.8. The standard InChI is InChI=1S/C16H19N3S/c1-13(10-14-6-9-20-12-14)17-7-5-15-11-19-8-3-2-4-16(19)18-15/h2-4,6,8-9,11-13,17H,5,7,10H2,1H3. The number of pyridine rings is 1. The molecule has 0 spiro atoms. The first-order chi connectivity index (χ1) is 9.81. The number of aromatic nitrogens is 2. The Labute approximate surface area is 123 Å². The fourth-order valence-corrected chi connectivity index (χ4v) is 3.07. The first kappa shape index (κ1) is 13.3. The van der Waals surface area contributed by atoms with Crippen LogP contribution in [0.15, 0.2) is 47.4 Å². The minimum atomic E-state index is 0.502. The van der Waals surface area contributed by atoms with Crippen LogP contribution in [0, 0.1) is 0 Å². The molecule has 1 unspecified atom stereocenters. The molecule has 0 aliphatic rings. The third-order valence-corrected chi connectivity index (χ3v) is 4.14. The molecule has 4 heteroatoms. The summed E-state index contributed by atoms with van der Waals surface area (Å²) in [5, 5.41) is 7.93. The summed E-state index contributed by atoms with van der Waals surface area (Å²) in [7, 11) is 0. The molecule has 3 rings (SSSR count). The molecule has 0 amide bonds. The quantitative estimate of drug-likeness (QED) is 0.754. The average molecular weight is 285 g/mol.